The Balaban J connectivity index is 2.42. The van der Waals surface area contributed by atoms with Crippen molar-refractivity contribution < 1.29 is 9.53 Å². The average Bonchev–Trinajstić information content (AvgIpc) is 2.48. The summed E-state index contributed by atoms with van der Waals surface area (Å²) in [6, 6.07) is 4.13. The van der Waals surface area contributed by atoms with Crippen LogP contribution in [0.5, 0.6) is 0 Å². The Labute approximate surface area is 83.9 Å². The van der Waals surface area contributed by atoms with E-state index in [-0.39, 0.29) is 6.09 Å². The van der Waals surface area contributed by atoms with Crippen LogP contribution in [0.15, 0.2) is 12.1 Å². The average molecular weight is 196 g/mol. The van der Waals surface area contributed by atoms with Gasteiger partial charge in [-0.3, -0.25) is 0 Å². The smallest absolute Gasteiger partial charge is 0.406 e. The van der Waals surface area contributed by atoms with Crippen molar-refractivity contribution in [1.82, 2.24) is 9.88 Å². The first-order chi connectivity index (χ1) is 6.65. The van der Waals surface area contributed by atoms with Gasteiger partial charge in [0.25, 0.3) is 0 Å². The molecule has 14 heavy (non-hydrogen) atoms. The molecule has 0 saturated carbocycles. The summed E-state index contributed by atoms with van der Waals surface area (Å²) in [6.07, 6.45) is -0.382. The van der Waals surface area contributed by atoms with Crippen molar-refractivity contribution >= 4 is 6.09 Å². The molecule has 0 spiro atoms. The van der Waals surface area contributed by atoms with Gasteiger partial charge in [0.2, 0.25) is 0 Å². The molecule has 0 radical (unpaired) electrons. The van der Waals surface area contributed by atoms with Crippen LogP contribution in [0, 0.1) is 13.8 Å². The molecule has 78 valence electrons. The van der Waals surface area contributed by atoms with Gasteiger partial charge in [-0.05, 0) is 26.0 Å². The molecule has 0 atom stereocenters. The fraction of sp³-hybridized carbons (Fsp3) is 0.500. The van der Waals surface area contributed by atoms with E-state index in [1.54, 1.807) is 0 Å². The van der Waals surface area contributed by atoms with Crippen LogP contribution < -0.4 is 5.32 Å². The van der Waals surface area contributed by atoms with Crippen LogP contribution in [0.4, 0.5) is 4.79 Å². The largest absolute Gasteiger partial charge is 0.453 e. The van der Waals surface area contributed by atoms with Gasteiger partial charge in [-0.25, -0.2) is 4.79 Å². The lowest BCUT2D eigenvalue weighted by atomic mass is 10.5. The molecule has 0 aliphatic heterocycles. The van der Waals surface area contributed by atoms with E-state index in [1.165, 1.54) is 18.5 Å². The zero-order chi connectivity index (χ0) is 10.6. The molecule has 0 aliphatic rings. The molecule has 0 aromatic carbocycles. The molecule has 1 heterocycles. The monoisotopic (exact) mass is 196 g/mol. The zero-order valence-corrected chi connectivity index (χ0v) is 8.83. The summed E-state index contributed by atoms with van der Waals surface area (Å²) in [6.45, 7) is 5.46. The highest BCUT2D eigenvalue weighted by atomic mass is 16.5. The van der Waals surface area contributed by atoms with E-state index >= 15 is 0 Å². The first-order valence-corrected chi connectivity index (χ1v) is 4.59. The number of hydrogen-bond acceptors (Lipinski definition) is 2. The summed E-state index contributed by atoms with van der Waals surface area (Å²) < 4.78 is 6.62. The van der Waals surface area contributed by atoms with Gasteiger partial charge in [-0.1, -0.05) is 0 Å². The number of alkyl carbamates (subject to hydrolysis) is 1. The number of nitrogens with one attached hydrogen (secondary N) is 1. The second-order valence-electron chi connectivity index (χ2n) is 3.19. The molecule has 4 nitrogen and oxygen atoms in total. The van der Waals surface area contributed by atoms with Crippen molar-refractivity contribution in [3.8, 4) is 0 Å². The van der Waals surface area contributed by atoms with Gasteiger partial charge in [0.05, 0.1) is 7.11 Å². The van der Waals surface area contributed by atoms with Gasteiger partial charge in [0.1, 0.15) is 0 Å². The summed E-state index contributed by atoms with van der Waals surface area (Å²) in [4.78, 5) is 10.8. The Morgan fingerprint density at radius 2 is 2.00 bits per heavy atom. The topological polar surface area (TPSA) is 43.3 Å². The van der Waals surface area contributed by atoms with Crippen LogP contribution in [-0.2, 0) is 11.3 Å². The Bertz CT molecular complexity index is 298. The third-order valence-corrected chi connectivity index (χ3v) is 2.21. The number of rotatable bonds is 3. The molecular weight excluding hydrogens is 180 g/mol. The number of methoxy groups -OCH3 is 1. The van der Waals surface area contributed by atoms with Gasteiger partial charge in [-0.2, -0.15) is 0 Å². The van der Waals surface area contributed by atoms with E-state index in [4.69, 9.17) is 0 Å². The van der Waals surface area contributed by atoms with Crippen LogP contribution >= 0.6 is 0 Å². The number of aryl methyl sites for hydroxylation is 2. The molecule has 0 bridgehead atoms. The third-order valence-electron chi connectivity index (χ3n) is 2.21. The van der Waals surface area contributed by atoms with E-state index in [0.717, 1.165) is 6.54 Å². The van der Waals surface area contributed by atoms with Gasteiger partial charge in [-0.15, -0.1) is 0 Å². The SMILES string of the molecule is COC(=O)NCCn1c(C)ccc1C. The molecule has 1 N–H and O–H groups in total. The quantitative estimate of drug-likeness (QED) is 0.795. The molecule has 1 amide bonds. The Morgan fingerprint density at radius 3 is 2.50 bits per heavy atom. The highest BCUT2D eigenvalue weighted by Crippen LogP contribution is 2.05. The second-order valence-corrected chi connectivity index (χ2v) is 3.19. The fourth-order valence-electron chi connectivity index (χ4n) is 1.39. The minimum absolute atomic E-state index is 0.382. The van der Waals surface area contributed by atoms with Crippen molar-refractivity contribution in [3.63, 3.8) is 0 Å². The van der Waals surface area contributed by atoms with Gasteiger partial charge in [0, 0.05) is 24.5 Å². The number of carbonyl (C=O) groups excluding carboxylic acids is 1. The third kappa shape index (κ3) is 2.52. The molecule has 1 aromatic heterocycles. The van der Waals surface area contributed by atoms with Crippen LogP contribution in [0.25, 0.3) is 0 Å². The number of aromatic nitrogens is 1. The van der Waals surface area contributed by atoms with Crippen LogP contribution in [0.2, 0.25) is 0 Å². The van der Waals surface area contributed by atoms with Gasteiger partial charge >= 0.3 is 6.09 Å². The van der Waals surface area contributed by atoms with Crippen molar-refractivity contribution in [2.45, 2.75) is 20.4 Å². The lowest BCUT2D eigenvalue weighted by Gasteiger charge is -2.09. The summed E-state index contributed by atoms with van der Waals surface area (Å²) >= 11 is 0. The Hall–Kier alpha value is -1.45. The van der Waals surface area contributed by atoms with Crippen molar-refractivity contribution in [1.29, 1.82) is 0 Å². The van der Waals surface area contributed by atoms with E-state index in [9.17, 15) is 4.79 Å². The number of ether oxygens (including phenoxy) is 1. The minimum atomic E-state index is -0.382. The molecule has 0 fully saturated rings. The highest BCUT2D eigenvalue weighted by Gasteiger charge is 2.01. The first-order valence-electron chi connectivity index (χ1n) is 4.59. The van der Waals surface area contributed by atoms with E-state index in [0.29, 0.717) is 6.54 Å². The van der Waals surface area contributed by atoms with Crippen molar-refractivity contribution in [2.75, 3.05) is 13.7 Å². The summed E-state index contributed by atoms with van der Waals surface area (Å²) in [7, 11) is 1.36. The highest BCUT2D eigenvalue weighted by molar-refractivity contribution is 5.66. The fourth-order valence-corrected chi connectivity index (χ4v) is 1.39. The Kier molecular flexibility index (Phi) is 3.56. The maximum absolute atomic E-state index is 10.8. The van der Waals surface area contributed by atoms with Gasteiger partial charge in [0.15, 0.2) is 0 Å². The minimum Gasteiger partial charge on any atom is -0.453 e. The predicted octanol–water partition coefficient (Wildman–Crippen LogP) is 1.46. The van der Waals surface area contributed by atoms with E-state index in [2.05, 4.69) is 26.8 Å². The molecule has 0 unspecified atom stereocenters. The van der Waals surface area contributed by atoms with Crippen LogP contribution in [-0.4, -0.2) is 24.3 Å². The molecular formula is C10H16N2O2. The Morgan fingerprint density at radius 1 is 1.43 bits per heavy atom. The first kappa shape index (κ1) is 10.6. The molecule has 1 rings (SSSR count). The van der Waals surface area contributed by atoms with E-state index < -0.39 is 0 Å². The number of carbonyl (C=O) groups is 1. The molecule has 1 aromatic rings. The summed E-state index contributed by atoms with van der Waals surface area (Å²) in [5, 5.41) is 2.64. The molecule has 4 heteroatoms. The number of amides is 1. The van der Waals surface area contributed by atoms with Gasteiger partial charge < -0.3 is 14.6 Å². The maximum atomic E-state index is 10.8. The molecule has 0 saturated heterocycles. The number of nitrogens with zero attached hydrogens (tertiary/aromatic N) is 1. The van der Waals surface area contributed by atoms with E-state index in [1.807, 2.05) is 13.8 Å². The zero-order valence-electron chi connectivity index (χ0n) is 8.83. The van der Waals surface area contributed by atoms with Crippen molar-refractivity contribution in [2.24, 2.45) is 0 Å². The summed E-state index contributed by atoms with van der Waals surface area (Å²) in [5.74, 6) is 0. The lowest BCUT2D eigenvalue weighted by molar-refractivity contribution is 0.170. The summed E-state index contributed by atoms with van der Waals surface area (Å²) in [5.41, 5.74) is 2.41. The standard InChI is InChI=1S/C10H16N2O2/c1-8-4-5-9(2)12(8)7-6-11-10(13)14-3/h4-5H,6-7H2,1-3H3,(H,11,13). The van der Waals surface area contributed by atoms with Crippen LogP contribution in [0.1, 0.15) is 11.4 Å². The maximum Gasteiger partial charge on any atom is 0.406 e. The van der Waals surface area contributed by atoms with Crippen LogP contribution in [0.3, 0.4) is 0 Å². The number of hydrogen-bond donors (Lipinski definition) is 1. The lowest BCUT2D eigenvalue weighted by Crippen LogP contribution is -2.27. The normalized spacial score (nSPS) is 9.93. The molecule has 0 aliphatic carbocycles. The second kappa shape index (κ2) is 4.69. The predicted molar refractivity (Wildman–Crippen MR) is 54.3 cm³/mol. The van der Waals surface area contributed by atoms with Crippen molar-refractivity contribution in [3.05, 3.63) is 23.5 Å².